The van der Waals surface area contributed by atoms with Gasteiger partial charge in [0.25, 0.3) is 0 Å². The average Bonchev–Trinajstić information content (AvgIpc) is 2.48. The van der Waals surface area contributed by atoms with Crippen LogP contribution in [0.25, 0.3) is 0 Å². The second kappa shape index (κ2) is 6.58. The molecule has 1 aromatic rings. The fourth-order valence-corrected chi connectivity index (χ4v) is 2.38. The van der Waals surface area contributed by atoms with Gasteiger partial charge in [-0.15, -0.1) is 0 Å². The van der Waals surface area contributed by atoms with E-state index in [-0.39, 0.29) is 12.5 Å². The normalized spacial score (nSPS) is 23.4. The third kappa shape index (κ3) is 3.72. The highest BCUT2D eigenvalue weighted by atomic mass is 16.4. The van der Waals surface area contributed by atoms with Crippen molar-refractivity contribution in [1.82, 2.24) is 10.2 Å². The van der Waals surface area contributed by atoms with Crippen molar-refractivity contribution < 1.29 is 19.8 Å². The number of carbonyl (C=O) groups is 2. The molecule has 1 saturated heterocycles. The Hall–Kier alpha value is -2.08. The molecule has 0 spiro atoms. The van der Waals surface area contributed by atoms with E-state index in [4.69, 9.17) is 0 Å². The van der Waals surface area contributed by atoms with Crippen molar-refractivity contribution in [3.05, 3.63) is 35.9 Å². The van der Waals surface area contributed by atoms with Crippen LogP contribution in [0, 0.1) is 5.92 Å². The molecule has 3 N–H and O–H groups in total. The van der Waals surface area contributed by atoms with Gasteiger partial charge in [-0.1, -0.05) is 37.3 Å². The van der Waals surface area contributed by atoms with Gasteiger partial charge in [0.05, 0.1) is 6.10 Å². The Labute approximate surface area is 123 Å². The van der Waals surface area contributed by atoms with Crippen LogP contribution in [0.5, 0.6) is 0 Å². The number of benzene rings is 1. The van der Waals surface area contributed by atoms with E-state index in [0.717, 1.165) is 0 Å². The van der Waals surface area contributed by atoms with E-state index in [1.165, 1.54) is 4.90 Å². The first kappa shape index (κ1) is 15.3. The van der Waals surface area contributed by atoms with Crippen LogP contribution in [-0.2, 0) is 4.79 Å². The first-order valence-electron chi connectivity index (χ1n) is 7.00. The van der Waals surface area contributed by atoms with Crippen LogP contribution in [-0.4, -0.2) is 46.3 Å². The molecule has 0 radical (unpaired) electrons. The van der Waals surface area contributed by atoms with E-state index in [2.05, 4.69) is 5.32 Å². The number of rotatable bonds is 3. The summed E-state index contributed by atoms with van der Waals surface area (Å²) in [5, 5.41) is 21.6. The number of urea groups is 1. The van der Waals surface area contributed by atoms with E-state index < -0.39 is 24.1 Å². The Bertz CT molecular complexity index is 506. The van der Waals surface area contributed by atoms with Gasteiger partial charge in [0.1, 0.15) is 0 Å². The summed E-state index contributed by atoms with van der Waals surface area (Å²) >= 11 is 0. The van der Waals surface area contributed by atoms with Gasteiger partial charge < -0.3 is 20.4 Å². The maximum atomic E-state index is 12.2. The number of carboxylic acid groups (broad SMARTS) is 1. The van der Waals surface area contributed by atoms with Crippen molar-refractivity contribution in [2.24, 2.45) is 5.92 Å². The Morgan fingerprint density at radius 2 is 2.00 bits per heavy atom. The first-order valence-corrected chi connectivity index (χ1v) is 7.00. The summed E-state index contributed by atoms with van der Waals surface area (Å²) in [6, 6.07) is 7.01. The lowest BCUT2D eigenvalue weighted by atomic mass is 9.96. The van der Waals surface area contributed by atoms with E-state index in [1.54, 1.807) is 30.3 Å². The van der Waals surface area contributed by atoms with Gasteiger partial charge in [0.2, 0.25) is 0 Å². The summed E-state index contributed by atoms with van der Waals surface area (Å²) in [6.07, 6.45) is 0.141. The van der Waals surface area contributed by atoms with Gasteiger partial charge in [0.15, 0.2) is 6.04 Å². The monoisotopic (exact) mass is 292 g/mol. The van der Waals surface area contributed by atoms with E-state index in [9.17, 15) is 19.8 Å². The van der Waals surface area contributed by atoms with Crippen molar-refractivity contribution in [1.29, 1.82) is 0 Å². The first-order chi connectivity index (χ1) is 9.99. The third-order valence-electron chi connectivity index (χ3n) is 3.85. The lowest BCUT2D eigenvalue weighted by molar-refractivity contribution is -0.139. The average molecular weight is 292 g/mol. The van der Waals surface area contributed by atoms with Crippen LogP contribution < -0.4 is 5.32 Å². The molecule has 2 rings (SSSR count). The standard InChI is InChI=1S/C15H20N2O4/c1-10-7-8-17(9-12(10)18)15(21)16-13(14(19)20)11-5-3-2-4-6-11/h2-6,10,12-13,18H,7-9H2,1H3,(H,16,21)(H,19,20)/t10?,12?,13-/m1/s1. The van der Waals surface area contributed by atoms with Gasteiger partial charge in [-0.05, 0) is 17.9 Å². The zero-order chi connectivity index (χ0) is 15.4. The second-order valence-corrected chi connectivity index (χ2v) is 5.41. The van der Waals surface area contributed by atoms with Crippen LogP contribution in [0.15, 0.2) is 30.3 Å². The smallest absolute Gasteiger partial charge is 0.330 e. The van der Waals surface area contributed by atoms with Crippen molar-refractivity contribution in [2.75, 3.05) is 13.1 Å². The maximum Gasteiger partial charge on any atom is 0.330 e. The Balaban J connectivity index is 2.04. The van der Waals surface area contributed by atoms with Gasteiger partial charge >= 0.3 is 12.0 Å². The minimum Gasteiger partial charge on any atom is -0.479 e. The molecule has 0 aromatic heterocycles. The Kier molecular flexibility index (Phi) is 4.80. The summed E-state index contributed by atoms with van der Waals surface area (Å²) in [4.78, 5) is 25.0. The van der Waals surface area contributed by atoms with E-state index >= 15 is 0 Å². The molecule has 6 heteroatoms. The topological polar surface area (TPSA) is 89.9 Å². The number of carboxylic acids is 1. The van der Waals surface area contributed by atoms with Crippen molar-refractivity contribution in [3.8, 4) is 0 Å². The highest BCUT2D eigenvalue weighted by Crippen LogP contribution is 2.18. The fraction of sp³-hybridized carbons (Fsp3) is 0.467. The second-order valence-electron chi connectivity index (χ2n) is 5.41. The highest BCUT2D eigenvalue weighted by molar-refractivity contribution is 5.83. The molecule has 1 aliphatic heterocycles. The number of hydrogen-bond acceptors (Lipinski definition) is 3. The molecule has 1 fully saturated rings. The van der Waals surface area contributed by atoms with Gasteiger partial charge in [0, 0.05) is 13.1 Å². The van der Waals surface area contributed by atoms with Crippen LogP contribution in [0.1, 0.15) is 24.9 Å². The number of aliphatic carboxylic acids is 1. The SMILES string of the molecule is CC1CCN(C(=O)N[C@@H](C(=O)O)c2ccccc2)CC1O. The number of hydrogen-bond donors (Lipinski definition) is 3. The predicted octanol–water partition coefficient (Wildman–Crippen LogP) is 1.22. The van der Waals surface area contributed by atoms with E-state index in [1.807, 2.05) is 6.92 Å². The number of nitrogens with one attached hydrogen (secondary N) is 1. The number of nitrogens with zero attached hydrogens (tertiary/aromatic N) is 1. The van der Waals surface area contributed by atoms with Crippen molar-refractivity contribution in [3.63, 3.8) is 0 Å². The number of piperidine rings is 1. The van der Waals surface area contributed by atoms with Crippen molar-refractivity contribution in [2.45, 2.75) is 25.5 Å². The van der Waals surface area contributed by atoms with Crippen molar-refractivity contribution >= 4 is 12.0 Å². The number of likely N-dealkylation sites (tertiary alicyclic amines) is 1. The molecule has 1 aliphatic rings. The largest absolute Gasteiger partial charge is 0.479 e. The number of carbonyl (C=O) groups excluding carboxylic acids is 1. The lowest BCUT2D eigenvalue weighted by Gasteiger charge is -2.34. The summed E-state index contributed by atoms with van der Waals surface area (Å²) < 4.78 is 0. The summed E-state index contributed by atoms with van der Waals surface area (Å²) in [6.45, 7) is 2.68. The van der Waals surface area contributed by atoms with Crippen LogP contribution in [0.3, 0.4) is 0 Å². The quantitative estimate of drug-likeness (QED) is 0.781. The summed E-state index contributed by atoms with van der Waals surface area (Å²) in [5.74, 6) is -0.959. The molecule has 114 valence electrons. The highest BCUT2D eigenvalue weighted by Gasteiger charge is 2.30. The molecule has 3 atom stereocenters. The lowest BCUT2D eigenvalue weighted by Crippen LogP contribution is -2.51. The molecule has 2 unspecified atom stereocenters. The molecule has 0 bridgehead atoms. The van der Waals surface area contributed by atoms with E-state index in [0.29, 0.717) is 18.5 Å². The number of amides is 2. The van der Waals surface area contributed by atoms with Crippen LogP contribution in [0.4, 0.5) is 4.79 Å². The molecular weight excluding hydrogens is 272 g/mol. The molecule has 2 amide bonds. The minimum absolute atomic E-state index is 0.151. The van der Waals surface area contributed by atoms with Gasteiger partial charge in [-0.3, -0.25) is 0 Å². The third-order valence-corrected chi connectivity index (χ3v) is 3.85. The Morgan fingerprint density at radius 1 is 1.33 bits per heavy atom. The molecule has 0 saturated carbocycles. The molecular formula is C15H20N2O4. The molecule has 0 aliphatic carbocycles. The molecule has 6 nitrogen and oxygen atoms in total. The summed E-state index contributed by atoms with van der Waals surface area (Å²) in [7, 11) is 0. The minimum atomic E-state index is -1.11. The predicted molar refractivity (Wildman–Crippen MR) is 76.7 cm³/mol. The zero-order valence-electron chi connectivity index (χ0n) is 11.9. The molecule has 1 aromatic carbocycles. The number of aliphatic hydroxyl groups is 1. The number of aliphatic hydroxyl groups excluding tert-OH is 1. The molecule has 21 heavy (non-hydrogen) atoms. The van der Waals surface area contributed by atoms with Gasteiger partial charge in [-0.25, -0.2) is 9.59 Å². The molecule has 1 heterocycles. The van der Waals surface area contributed by atoms with Crippen LogP contribution in [0.2, 0.25) is 0 Å². The van der Waals surface area contributed by atoms with Gasteiger partial charge in [-0.2, -0.15) is 0 Å². The zero-order valence-corrected chi connectivity index (χ0v) is 11.9. The Morgan fingerprint density at radius 3 is 2.57 bits per heavy atom. The number of β-amino-alcohol motifs (C(OH)–C–C–N with tert-alkyl or cyclic N) is 1. The summed E-state index contributed by atoms with van der Waals surface area (Å²) in [5.41, 5.74) is 0.518. The van der Waals surface area contributed by atoms with Crippen LogP contribution >= 0.6 is 0 Å². The maximum absolute atomic E-state index is 12.2. The fourth-order valence-electron chi connectivity index (χ4n) is 2.38.